The number of thiophene rings is 1. The Morgan fingerprint density at radius 2 is 1.70 bits per heavy atom. The third kappa shape index (κ3) is 5.13. The largest absolute Gasteiger partial charge is 0.370 e. The number of amides is 3. The van der Waals surface area contributed by atoms with Crippen LogP contribution in [0, 0.1) is 0 Å². The zero-order chi connectivity index (χ0) is 23.2. The molecule has 0 radical (unpaired) electrons. The van der Waals surface area contributed by atoms with Crippen molar-refractivity contribution in [2.45, 2.75) is 6.42 Å². The summed E-state index contributed by atoms with van der Waals surface area (Å²) in [6, 6.07) is 19.8. The van der Waals surface area contributed by atoms with Crippen LogP contribution in [0.2, 0.25) is 0 Å². The van der Waals surface area contributed by atoms with Crippen molar-refractivity contribution in [1.29, 1.82) is 0 Å². The molecule has 4 N–H and O–H groups in total. The normalized spacial score (nSPS) is 10.5. The van der Waals surface area contributed by atoms with E-state index < -0.39 is 17.7 Å². The van der Waals surface area contributed by atoms with Gasteiger partial charge in [0.05, 0.1) is 21.8 Å². The van der Waals surface area contributed by atoms with Gasteiger partial charge in [-0.25, -0.2) is 9.67 Å². The molecule has 0 bridgehead atoms. The van der Waals surface area contributed by atoms with E-state index in [9.17, 15) is 14.4 Å². The second-order valence-electron chi connectivity index (χ2n) is 6.96. The molecule has 4 rings (SSSR count). The summed E-state index contributed by atoms with van der Waals surface area (Å²) in [7, 11) is 0. The Kier molecular flexibility index (Phi) is 6.56. The van der Waals surface area contributed by atoms with Gasteiger partial charge in [-0.2, -0.15) is 0 Å². The number of nitrogens with two attached hydrogens (primary N) is 1. The summed E-state index contributed by atoms with van der Waals surface area (Å²) < 4.78 is 1.61. The van der Waals surface area contributed by atoms with Crippen LogP contribution >= 0.6 is 11.3 Å². The molecule has 0 fully saturated rings. The van der Waals surface area contributed by atoms with Gasteiger partial charge in [0, 0.05) is 13.0 Å². The first-order chi connectivity index (χ1) is 16.0. The van der Waals surface area contributed by atoms with Crippen LogP contribution in [0.4, 0.5) is 5.69 Å². The van der Waals surface area contributed by atoms with Crippen molar-refractivity contribution in [3.63, 3.8) is 0 Å². The predicted octanol–water partition coefficient (Wildman–Crippen LogP) is 2.85. The fourth-order valence-electron chi connectivity index (χ4n) is 3.09. The fourth-order valence-corrected chi connectivity index (χ4v) is 3.78. The molecule has 0 saturated carbocycles. The molecule has 33 heavy (non-hydrogen) atoms. The number of benzene rings is 2. The molecule has 0 aliphatic carbocycles. The first-order valence-electron chi connectivity index (χ1n) is 10.1. The van der Waals surface area contributed by atoms with Crippen molar-refractivity contribution in [3.8, 4) is 16.4 Å². The maximum Gasteiger partial charge on any atom is 0.295 e. The molecule has 0 atom stereocenters. The molecule has 0 unspecified atom stereocenters. The van der Waals surface area contributed by atoms with Crippen molar-refractivity contribution in [2.24, 2.45) is 5.73 Å². The van der Waals surface area contributed by atoms with Gasteiger partial charge in [-0.15, -0.1) is 16.4 Å². The van der Waals surface area contributed by atoms with E-state index >= 15 is 0 Å². The second-order valence-corrected chi connectivity index (χ2v) is 7.90. The SMILES string of the molecule is NC(=O)CCNC(=O)c1ccccc1NC(=O)c1nc(-c2cccs2)n(-c2ccccc2)n1. The Morgan fingerprint density at radius 1 is 0.939 bits per heavy atom. The number of primary amides is 1. The Bertz CT molecular complexity index is 1280. The Morgan fingerprint density at radius 3 is 2.42 bits per heavy atom. The van der Waals surface area contributed by atoms with E-state index in [0.717, 1.165) is 10.6 Å². The molecule has 2 aromatic carbocycles. The number of carbonyl (C=O) groups excluding carboxylic acids is 3. The summed E-state index contributed by atoms with van der Waals surface area (Å²) in [6.45, 7) is 0.101. The molecule has 2 aromatic heterocycles. The van der Waals surface area contributed by atoms with Crippen LogP contribution in [0.15, 0.2) is 72.1 Å². The maximum absolute atomic E-state index is 13.0. The average Bonchev–Trinajstić information content (AvgIpc) is 3.50. The van der Waals surface area contributed by atoms with Gasteiger partial charge in [-0.1, -0.05) is 36.4 Å². The van der Waals surface area contributed by atoms with Crippen molar-refractivity contribution in [1.82, 2.24) is 20.1 Å². The van der Waals surface area contributed by atoms with E-state index in [1.807, 2.05) is 47.8 Å². The topological polar surface area (TPSA) is 132 Å². The molecule has 0 spiro atoms. The lowest BCUT2D eigenvalue weighted by Crippen LogP contribution is -2.29. The smallest absolute Gasteiger partial charge is 0.295 e. The van der Waals surface area contributed by atoms with Crippen LogP contribution in [-0.4, -0.2) is 39.0 Å². The first kappa shape index (κ1) is 21.9. The van der Waals surface area contributed by atoms with E-state index in [1.165, 1.54) is 11.3 Å². The summed E-state index contributed by atoms with van der Waals surface area (Å²) in [5.41, 5.74) is 6.42. The maximum atomic E-state index is 13.0. The van der Waals surface area contributed by atoms with Crippen LogP contribution in [-0.2, 0) is 4.79 Å². The monoisotopic (exact) mass is 460 g/mol. The molecule has 0 saturated heterocycles. The Balaban J connectivity index is 1.60. The highest BCUT2D eigenvalue weighted by atomic mass is 32.1. The summed E-state index contributed by atoms with van der Waals surface area (Å²) in [5.74, 6) is -1.00. The van der Waals surface area contributed by atoms with E-state index in [0.29, 0.717) is 11.5 Å². The minimum atomic E-state index is -0.556. The quantitative estimate of drug-likeness (QED) is 0.372. The van der Waals surface area contributed by atoms with Gasteiger partial charge in [0.1, 0.15) is 0 Å². The minimum Gasteiger partial charge on any atom is -0.370 e. The number of nitrogens with zero attached hydrogens (tertiary/aromatic N) is 3. The number of carbonyl (C=O) groups is 3. The van der Waals surface area contributed by atoms with Crippen molar-refractivity contribution >= 4 is 34.7 Å². The Labute approximate surface area is 193 Å². The van der Waals surface area contributed by atoms with E-state index in [4.69, 9.17) is 5.73 Å². The highest BCUT2D eigenvalue weighted by molar-refractivity contribution is 7.13. The number of aromatic nitrogens is 3. The number of hydrogen-bond acceptors (Lipinski definition) is 6. The van der Waals surface area contributed by atoms with Gasteiger partial charge in [-0.05, 0) is 35.7 Å². The van der Waals surface area contributed by atoms with Crippen LogP contribution in [0.25, 0.3) is 16.4 Å². The molecule has 9 nitrogen and oxygen atoms in total. The van der Waals surface area contributed by atoms with Crippen LogP contribution in [0.1, 0.15) is 27.4 Å². The average molecular weight is 461 g/mol. The number of hydrogen-bond donors (Lipinski definition) is 3. The first-order valence-corrected chi connectivity index (χ1v) is 10.9. The summed E-state index contributed by atoms with van der Waals surface area (Å²) >= 11 is 1.49. The van der Waals surface area contributed by atoms with E-state index in [1.54, 1.807) is 28.9 Å². The summed E-state index contributed by atoms with van der Waals surface area (Å²) in [6.07, 6.45) is 0.0204. The number of para-hydroxylation sites is 2. The van der Waals surface area contributed by atoms with Crippen molar-refractivity contribution in [3.05, 3.63) is 83.5 Å². The van der Waals surface area contributed by atoms with Gasteiger partial charge < -0.3 is 16.4 Å². The zero-order valence-electron chi connectivity index (χ0n) is 17.4. The van der Waals surface area contributed by atoms with E-state index in [-0.39, 0.29) is 24.4 Å². The number of rotatable bonds is 8. The lowest BCUT2D eigenvalue weighted by Gasteiger charge is -2.10. The lowest BCUT2D eigenvalue weighted by atomic mass is 10.1. The summed E-state index contributed by atoms with van der Waals surface area (Å²) in [4.78, 5) is 41.8. The molecule has 166 valence electrons. The third-order valence-corrected chi connectivity index (χ3v) is 5.50. The highest BCUT2D eigenvalue weighted by Crippen LogP contribution is 2.26. The molecule has 2 heterocycles. The molecule has 10 heteroatoms. The molecule has 4 aromatic rings. The minimum absolute atomic E-state index is 0.0204. The van der Waals surface area contributed by atoms with Crippen molar-refractivity contribution in [2.75, 3.05) is 11.9 Å². The van der Waals surface area contributed by atoms with Gasteiger partial charge in [0.15, 0.2) is 5.82 Å². The molecule has 3 amide bonds. The fraction of sp³-hybridized carbons (Fsp3) is 0.0870. The number of anilines is 1. The van der Waals surface area contributed by atoms with Crippen LogP contribution in [0.3, 0.4) is 0 Å². The second kappa shape index (κ2) is 9.88. The number of nitrogens with one attached hydrogen (secondary N) is 2. The highest BCUT2D eigenvalue weighted by Gasteiger charge is 2.21. The molecule has 0 aliphatic rings. The van der Waals surface area contributed by atoms with Crippen LogP contribution in [0.5, 0.6) is 0 Å². The van der Waals surface area contributed by atoms with Gasteiger partial charge >= 0.3 is 0 Å². The lowest BCUT2D eigenvalue weighted by molar-refractivity contribution is -0.117. The molecule has 0 aliphatic heterocycles. The van der Waals surface area contributed by atoms with E-state index in [2.05, 4.69) is 20.7 Å². The summed E-state index contributed by atoms with van der Waals surface area (Å²) in [5, 5.41) is 11.7. The Hall–Kier alpha value is -4.31. The molecular formula is C23H20N6O3S. The van der Waals surface area contributed by atoms with Gasteiger partial charge in [0.2, 0.25) is 11.7 Å². The van der Waals surface area contributed by atoms with Crippen LogP contribution < -0.4 is 16.4 Å². The zero-order valence-corrected chi connectivity index (χ0v) is 18.2. The third-order valence-electron chi connectivity index (χ3n) is 4.63. The van der Waals surface area contributed by atoms with Crippen molar-refractivity contribution < 1.29 is 14.4 Å². The van der Waals surface area contributed by atoms with Gasteiger partial charge in [-0.3, -0.25) is 14.4 Å². The van der Waals surface area contributed by atoms with Gasteiger partial charge in [0.25, 0.3) is 11.8 Å². The predicted molar refractivity (Wildman–Crippen MR) is 125 cm³/mol. The molecular weight excluding hydrogens is 440 g/mol. The standard InChI is InChI=1S/C23H20N6O3S/c24-19(30)12-13-25-22(31)16-9-4-5-10-17(16)26-23(32)20-27-21(18-11-6-14-33-18)29(28-20)15-7-2-1-3-8-15/h1-11,14H,12-13H2,(H2,24,30)(H,25,31)(H,26,32).